The number of benzene rings is 1. The molecule has 1 aromatic carbocycles. The van der Waals surface area contributed by atoms with E-state index in [-0.39, 0.29) is 4.90 Å². The van der Waals surface area contributed by atoms with E-state index in [0.717, 1.165) is 3.57 Å². The van der Waals surface area contributed by atoms with Crippen molar-refractivity contribution in [1.29, 1.82) is 0 Å². The maximum Gasteiger partial charge on any atom is 0.322 e. The van der Waals surface area contributed by atoms with E-state index in [9.17, 15) is 13.2 Å². The minimum absolute atomic E-state index is 0.0587. The molecule has 0 saturated carbocycles. The normalized spacial score (nSPS) is 14.1. The third kappa shape index (κ3) is 4.43. The highest BCUT2D eigenvalue weighted by atomic mass is 127. The molecule has 0 radical (unpaired) electrons. The van der Waals surface area contributed by atoms with Gasteiger partial charge in [0.2, 0.25) is 10.0 Å². The van der Waals surface area contributed by atoms with Gasteiger partial charge in [0.25, 0.3) is 0 Å². The molecule has 2 N–H and O–H groups in total. The van der Waals surface area contributed by atoms with Crippen LogP contribution < -0.4 is 4.72 Å². The zero-order valence-electron chi connectivity index (χ0n) is 10.8. The molecule has 1 atom stereocenters. The van der Waals surface area contributed by atoms with Crippen molar-refractivity contribution in [3.8, 4) is 0 Å². The molecule has 0 spiro atoms. The molecule has 1 rings (SSSR count). The van der Waals surface area contributed by atoms with Gasteiger partial charge in [-0.1, -0.05) is 20.8 Å². The largest absolute Gasteiger partial charge is 0.480 e. The number of aliphatic carboxylic acids is 1. The van der Waals surface area contributed by atoms with Crippen molar-refractivity contribution in [2.24, 2.45) is 5.41 Å². The van der Waals surface area contributed by atoms with E-state index in [1.165, 1.54) is 12.1 Å². The predicted octanol–water partition coefficient (Wildman–Crippen LogP) is 2.07. The molecule has 106 valence electrons. The fourth-order valence-electron chi connectivity index (χ4n) is 1.43. The second-order valence-electron chi connectivity index (χ2n) is 5.21. The van der Waals surface area contributed by atoms with Gasteiger partial charge in [0.05, 0.1) is 4.90 Å². The van der Waals surface area contributed by atoms with E-state index in [1.807, 2.05) is 0 Å². The highest BCUT2D eigenvalue weighted by Gasteiger charge is 2.35. The van der Waals surface area contributed by atoms with Crippen molar-refractivity contribution in [2.45, 2.75) is 31.7 Å². The van der Waals surface area contributed by atoms with Crippen molar-refractivity contribution in [1.82, 2.24) is 4.72 Å². The van der Waals surface area contributed by atoms with Gasteiger partial charge in [-0.15, -0.1) is 0 Å². The zero-order valence-corrected chi connectivity index (χ0v) is 13.8. The average molecular weight is 397 g/mol. The van der Waals surface area contributed by atoms with Crippen LogP contribution in [0.4, 0.5) is 0 Å². The Balaban J connectivity index is 3.08. The molecule has 19 heavy (non-hydrogen) atoms. The fraction of sp³-hybridized carbons (Fsp3) is 0.417. The summed E-state index contributed by atoms with van der Waals surface area (Å²) in [7, 11) is -3.84. The summed E-state index contributed by atoms with van der Waals surface area (Å²) in [5.41, 5.74) is -0.720. The van der Waals surface area contributed by atoms with Gasteiger partial charge >= 0.3 is 5.97 Å². The molecule has 0 saturated heterocycles. The molecule has 0 unspecified atom stereocenters. The maximum absolute atomic E-state index is 12.1. The molecule has 0 amide bonds. The van der Waals surface area contributed by atoms with Crippen LogP contribution in [0.5, 0.6) is 0 Å². The highest BCUT2D eigenvalue weighted by Crippen LogP contribution is 2.22. The van der Waals surface area contributed by atoms with Crippen molar-refractivity contribution >= 4 is 38.6 Å². The lowest BCUT2D eigenvalue weighted by Gasteiger charge is -2.27. The van der Waals surface area contributed by atoms with Crippen LogP contribution in [0.1, 0.15) is 20.8 Å². The van der Waals surface area contributed by atoms with Gasteiger partial charge in [-0.05, 0) is 52.3 Å². The molecular weight excluding hydrogens is 381 g/mol. The van der Waals surface area contributed by atoms with Crippen LogP contribution in [0.2, 0.25) is 0 Å². The van der Waals surface area contributed by atoms with Crippen LogP contribution in [0, 0.1) is 8.99 Å². The van der Waals surface area contributed by atoms with Gasteiger partial charge in [-0.25, -0.2) is 8.42 Å². The topological polar surface area (TPSA) is 83.5 Å². The van der Waals surface area contributed by atoms with E-state index in [4.69, 9.17) is 5.11 Å². The Morgan fingerprint density at radius 1 is 1.26 bits per heavy atom. The molecular formula is C12H16INO4S. The lowest BCUT2D eigenvalue weighted by molar-refractivity contribution is -0.141. The highest BCUT2D eigenvalue weighted by molar-refractivity contribution is 14.1. The number of halogens is 1. The van der Waals surface area contributed by atoms with Gasteiger partial charge < -0.3 is 5.11 Å². The summed E-state index contributed by atoms with van der Waals surface area (Å²) in [6, 6.07) is 5.03. The number of carbonyl (C=O) groups is 1. The number of hydrogen-bond acceptors (Lipinski definition) is 3. The Morgan fingerprint density at radius 3 is 2.11 bits per heavy atom. The molecule has 0 aliphatic carbocycles. The van der Waals surface area contributed by atoms with E-state index in [2.05, 4.69) is 27.3 Å². The Kier molecular flexibility index (Phi) is 4.97. The minimum atomic E-state index is -3.84. The first kappa shape index (κ1) is 16.4. The van der Waals surface area contributed by atoms with Crippen molar-refractivity contribution < 1.29 is 18.3 Å². The number of carboxylic acids is 1. The Labute approximate surface area is 126 Å². The van der Waals surface area contributed by atoms with Crippen LogP contribution in [0.25, 0.3) is 0 Å². The van der Waals surface area contributed by atoms with Crippen LogP contribution in [0.15, 0.2) is 29.2 Å². The lowest BCUT2D eigenvalue weighted by Crippen LogP contribution is -2.48. The number of hydrogen-bond donors (Lipinski definition) is 2. The summed E-state index contributed by atoms with van der Waals surface area (Å²) in [6.45, 7) is 5.01. The first-order valence-corrected chi connectivity index (χ1v) is 8.11. The molecule has 7 heteroatoms. The van der Waals surface area contributed by atoms with Crippen LogP contribution in [-0.2, 0) is 14.8 Å². The van der Waals surface area contributed by atoms with Gasteiger partial charge in [-0.3, -0.25) is 4.79 Å². The molecule has 5 nitrogen and oxygen atoms in total. The minimum Gasteiger partial charge on any atom is -0.480 e. The summed E-state index contributed by atoms with van der Waals surface area (Å²) in [5, 5.41) is 9.14. The monoisotopic (exact) mass is 397 g/mol. The molecule has 1 aromatic rings. The number of sulfonamides is 1. The van der Waals surface area contributed by atoms with Crippen LogP contribution >= 0.6 is 22.6 Å². The van der Waals surface area contributed by atoms with Crippen LogP contribution in [0.3, 0.4) is 0 Å². The van der Waals surface area contributed by atoms with E-state index >= 15 is 0 Å². The summed E-state index contributed by atoms with van der Waals surface area (Å²) in [5.74, 6) is -1.19. The predicted molar refractivity (Wildman–Crippen MR) is 80.4 cm³/mol. The summed E-state index contributed by atoms with van der Waals surface area (Å²) < 4.78 is 27.4. The van der Waals surface area contributed by atoms with E-state index < -0.39 is 27.4 Å². The molecule has 0 bridgehead atoms. The second-order valence-corrected chi connectivity index (χ2v) is 8.17. The Bertz CT molecular complexity index is 560. The fourth-order valence-corrected chi connectivity index (χ4v) is 3.19. The SMILES string of the molecule is CC(C)(C)[C@H](NS(=O)(=O)c1ccc(I)cc1)C(=O)O. The van der Waals surface area contributed by atoms with E-state index in [1.54, 1.807) is 32.9 Å². The number of rotatable bonds is 4. The van der Waals surface area contributed by atoms with Crippen molar-refractivity contribution in [3.63, 3.8) is 0 Å². The number of nitrogens with one attached hydrogen (secondary N) is 1. The van der Waals surface area contributed by atoms with Gasteiger partial charge in [0.1, 0.15) is 6.04 Å². The van der Waals surface area contributed by atoms with Gasteiger partial charge in [0, 0.05) is 3.57 Å². The quantitative estimate of drug-likeness (QED) is 0.763. The molecule has 0 fully saturated rings. The van der Waals surface area contributed by atoms with Gasteiger partial charge in [-0.2, -0.15) is 4.72 Å². The van der Waals surface area contributed by atoms with Crippen molar-refractivity contribution in [3.05, 3.63) is 27.8 Å². The third-order valence-corrected chi connectivity index (χ3v) is 4.67. The second kappa shape index (κ2) is 5.76. The lowest BCUT2D eigenvalue weighted by atomic mass is 9.88. The molecule has 0 heterocycles. The molecule has 0 aliphatic heterocycles. The number of carboxylic acid groups (broad SMARTS) is 1. The van der Waals surface area contributed by atoms with Gasteiger partial charge in [0.15, 0.2) is 0 Å². The first-order valence-electron chi connectivity index (χ1n) is 5.55. The Hall–Kier alpha value is -0.670. The molecule has 0 aromatic heterocycles. The summed E-state index contributed by atoms with van der Waals surface area (Å²) in [4.78, 5) is 11.2. The third-order valence-electron chi connectivity index (χ3n) is 2.51. The smallest absolute Gasteiger partial charge is 0.322 e. The zero-order chi connectivity index (χ0) is 14.8. The van der Waals surface area contributed by atoms with Crippen molar-refractivity contribution in [2.75, 3.05) is 0 Å². The molecule has 0 aliphatic rings. The summed E-state index contributed by atoms with van der Waals surface area (Å²) >= 11 is 2.06. The average Bonchev–Trinajstić information content (AvgIpc) is 2.24. The first-order chi connectivity index (χ1) is 8.54. The maximum atomic E-state index is 12.1. The summed E-state index contributed by atoms with van der Waals surface area (Å²) in [6.07, 6.45) is 0. The Morgan fingerprint density at radius 2 is 1.74 bits per heavy atom. The van der Waals surface area contributed by atoms with E-state index in [0.29, 0.717) is 0 Å². The standard InChI is InChI=1S/C12H16INO4S/c1-12(2,3)10(11(15)16)14-19(17,18)9-6-4-8(13)5-7-9/h4-7,10,14H,1-3H3,(H,15,16)/t10-/m1/s1. The van der Waals surface area contributed by atoms with Crippen LogP contribution in [-0.4, -0.2) is 25.5 Å².